The highest BCUT2D eigenvalue weighted by Gasteiger charge is 2.35. The summed E-state index contributed by atoms with van der Waals surface area (Å²) >= 11 is 0. The summed E-state index contributed by atoms with van der Waals surface area (Å²) in [6, 6.07) is 19.0. The van der Waals surface area contributed by atoms with E-state index in [2.05, 4.69) is 0 Å². The third-order valence-electron chi connectivity index (χ3n) is 6.46. The molecule has 178 valence electrons. The fourth-order valence-electron chi connectivity index (χ4n) is 4.68. The van der Waals surface area contributed by atoms with Crippen molar-refractivity contribution < 1.29 is 27.8 Å². The Morgan fingerprint density at radius 3 is 2.24 bits per heavy atom. The smallest absolute Gasteiger partial charge is 0.417 e. The molecule has 6 heteroatoms. The van der Waals surface area contributed by atoms with Crippen LogP contribution in [0.15, 0.2) is 72.8 Å². The first-order valence-corrected chi connectivity index (χ1v) is 11.6. The second-order valence-corrected chi connectivity index (χ2v) is 8.84. The molecule has 0 amide bonds. The Labute approximate surface area is 197 Å². The molecule has 0 aromatic heterocycles. The van der Waals surface area contributed by atoms with Gasteiger partial charge in [-0.05, 0) is 59.4 Å². The van der Waals surface area contributed by atoms with Gasteiger partial charge in [-0.25, -0.2) is 4.79 Å². The molecule has 1 unspecified atom stereocenters. The second kappa shape index (κ2) is 10.3. The zero-order valence-electron chi connectivity index (χ0n) is 18.7. The van der Waals surface area contributed by atoms with Crippen molar-refractivity contribution in [2.45, 2.75) is 50.8 Å². The van der Waals surface area contributed by atoms with E-state index < -0.39 is 23.8 Å². The lowest BCUT2D eigenvalue weighted by molar-refractivity contribution is -0.137. The van der Waals surface area contributed by atoms with E-state index in [1.54, 1.807) is 48.5 Å². The van der Waals surface area contributed by atoms with Gasteiger partial charge in [-0.15, -0.1) is 0 Å². The number of ether oxygens (including phenoxy) is 1. The Bertz CT molecular complexity index is 1100. The molecule has 1 atom stereocenters. The van der Waals surface area contributed by atoms with Crippen LogP contribution in [-0.4, -0.2) is 11.1 Å². The van der Waals surface area contributed by atoms with Gasteiger partial charge in [0.2, 0.25) is 0 Å². The van der Waals surface area contributed by atoms with Crippen molar-refractivity contribution >= 4 is 5.97 Å². The number of benzene rings is 3. The van der Waals surface area contributed by atoms with Crippen LogP contribution in [0.4, 0.5) is 13.2 Å². The van der Waals surface area contributed by atoms with E-state index >= 15 is 0 Å². The third kappa shape index (κ3) is 5.79. The first kappa shape index (κ1) is 23.9. The lowest BCUT2D eigenvalue weighted by atomic mass is 9.83. The summed E-state index contributed by atoms with van der Waals surface area (Å²) in [6.45, 7) is 0. The van der Waals surface area contributed by atoms with Crippen molar-refractivity contribution in [3.63, 3.8) is 0 Å². The summed E-state index contributed by atoms with van der Waals surface area (Å²) in [4.78, 5) is 11.2. The zero-order valence-corrected chi connectivity index (χ0v) is 18.7. The average molecular weight is 469 g/mol. The molecule has 3 aromatic rings. The van der Waals surface area contributed by atoms with E-state index in [1.165, 1.54) is 30.7 Å². The Hall–Kier alpha value is -3.28. The molecule has 0 heterocycles. The molecule has 1 fully saturated rings. The maximum atomic E-state index is 14.1. The monoisotopic (exact) mass is 468 g/mol. The van der Waals surface area contributed by atoms with Crippen LogP contribution in [0.3, 0.4) is 0 Å². The van der Waals surface area contributed by atoms with E-state index in [-0.39, 0.29) is 11.1 Å². The lowest BCUT2D eigenvalue weighted by Crippen LogP contribution is -2.17. The van der Waals surface area contributed by atoms with Crippen molar-refractivity contribution in [1.82, 2.24) is 0 Å². The fraction of sp³-hybridized carbons (Fsp3) is 0.321. The number of carboxylic acid groups (broad SMARTS) is 1. The molecule has 34 heavy (non-hydrogen) atoms. The van der Waals surface area contributed by atoms with E-state index in [0.717, 1.165) is 25.7 Å². The summed E-state index contributed by atoms with van der Waals surface area (Å²) in [5.74, 6) is -0.233. The Morgan fingerprint density at radius 1 is 0.941 bits per heavy atom. The Morgan fingerprint density at radius 2 is 1.62 bits per heavy atom. The Balaban J connectivity index is 1.70. The van der Waals surface area contributed by atoms with Crippen LogP contribution in [0.2, 0.25) is 0 Å². The van der Waals surface area contributed by atoms with Gasteiger partial charge in [0.1, 0.15) is 11.9 Å². The van der Waals surface area contributed by atoms with Crippen molar-refractivity contribution in [2.75, 3.05) is 0 Å². The van der Waals surface area contributed by atoms with Crippen LogP contribution in [0, 0.1) is 5.92 Å². The molecule has 1 aliphatic carbocycles. The van der Waals surface area contributed by atoms with Crippen LogP contribution in [0.25, 0.3) is 11.1 Å². The van der Waals surface area contributed by atoms with Gasteiger partial charge < -0.3 is 9.84 Å². The molecule has 0 saturated heterocycles. The molecule has 3 aromatic carbocycles. The highest BCUT2D eigenvalue weighted by Crippen LogP contribution is 2.41. The summed E-state index contributed by atoms with van der Waals surface area (Å²) in [6.07, 6.45) is 1.02. The van der Waals surface area contributed by atoms with Crippen molar-refractivity contribution in [1.29, 1.82) is 0 Å². The minimum Gasteiger partial charge on any atom is -0.486 e. The highest BCUT2D eigenvalue weighted by molar-refractivity contribution is 5.87. The van der Waals surface area contributed by atoms with Gasteiger partial charge in [-0.1, -0.05) is 74.6 Å². The number of halogens is 3. The van der Waals surface area contributed by atoms with Crippen LogP contribution in [0.1, 0.15) is 66.1 Å². The van der Waals surface area contributed by atoms with Crippen LogP contribution in [-0.2, 0) is 6.18 Å². The first-order chi connectivity index (χ1) is 16.3. The molecule has 0 bridgehead atoms. The summed E-state index contributed by atoms with van der Waals surface area (Å²) in [5, 5.41) is 9.13. The van der Waals surface area contributed by atoms with Gasteiger partial charge in [0.15, 0.2) is 0 Å². The maximum absolute atomic E-state index is 14.1. The number of carboxylic acids is 1. The predicted molar refractivity (Wildman–Crippen MR) is 125 cm³/mol. The molecular weight excluding hydrogens is 441 g/mol. The second-order valence-electron chi connectivity index (χ2n) is 8.84. The van der Waals surface area contributed by atoms with Crippen molar-refractivity contribution in [3.8, 4) is 16.9 Å². The largest absolute Gasteiger partial charge is 0.486 e. The van der Waals surface area contributed by atoms with E-state index in [4.69, 9.17) is 9.84 Å². The number of hydrogen-bond acceptors (Lipinski definition) is 2. The van der Waals surface area contributed by atoms with E-state index in [0.29, 0.717) is 29.2 Å². The van der Waals surface area contributed by atoms with Crippen LogP contribution < -0.4 is 4.74 Å². The van der Waals surface area contributed by atoms with E-state index in [9.17, 15) is 18.0 Å². The average Bonchev–Trinajstić information content (AvgIpc) is 2.84. The molecule has 4 rings (SSSR count). The number of aromatic carboxylic acids is 1. The molecule has 3 nitrogen and oxygen atoms in total. The van der Waals surface area contributed by atoms with Gasteiger partial charge in [0.25, 0.3) is 0 Å². The van der Waals surface area contributed by atoms with Gasteiger partial charge in [-0.3, -0.25) is 0 Å². The highest BCUT2D eigenvalue weighted by atomic mass is 19.4. The van der Waals surface area contributed by atoms with E-state index in [1.807, 2.05) is 0 Å². The standard InChI is InChI=1S/C28H27F3O3/c29-28(30,31)25-18-22(13-16-24(25)20-9-5-2-6-10-20)26(17-19-7-3-1-4-8-19)34-23-14-11-21(12-15-23)27(32)33/h2,5-6,9-16,18-19,26H,1,3-4,7-8,17H2,(H,32,33). The molecule has 1 N–H and O–H groups in total. The summed E-state index contributed by atoms with van der Waals surface area (Å²) in [7, 11) is 0. The Kier molecular flexibility index (Phi) is 7.25. The number of alkyl halides is 3. The molecule has 0 spiro atoms. The molecule has 1 saturated carbocycles. The van der Waals surface area contributed by atoms with Gasteiger partial charge in [-0.2, -0.15) is 13.2 Å². The van der Waals surface area contributed by atoms with Gasteiger partial charge in [0.05, 0.1) is 11.1 Å². The van der Waals surface area contributed by atoms with Crippen molar-refractivity contribution in [3.05, 3.63) is 89.5 Å². The molecule has 1 aliphatic rings. The summed E-state index contributed by atoms with van der Waals surface area (Å²) in [5.41, 5.74) is 0.562. The van der Waals surface area contributed by atoms with Crippen molar-refractivity contribution in [2.24, 2.45) is 5.92 Å². The third-order valence-corrected chi connectivity index (χ3v) is 6.46. The maximum Gasteiger partial charge on any atom is 0.417 e. The topological polar surface area (TPSA) is 46.5 Å². The minimum absolute atomic E-state index is 0.128. The SMILES string of the molecule is O=C(O)c1ccc(OC(CC2CCCCC2)c2ccc(-c3ccccc3)c(C(F)(F)F)c2)cc1. The quantitative estimate of drug-likeness (QED) is 0.380. The molecule has 0 radical (unpaired) electrons. The normalized spacial score (nSPS) is 15.6. The lowest BCUT2D eigenvalue weighted by Gasteiger charge is -2.28. The minimum atomic E-state index is -4.51. The van der Waals surface area contributed by atoms with Gasteiger partial charge in [0, 0.05) is 0 Å². The predicted octanol–water partition coefficient (Wildman–Crippen LogP) is 8.16. The number of hydrogen-bond donors (Lipinski definition) is 1. The zero-order chi connectivity index (χ0) is 24.1. The number of rotatable bonds is 7. The first-order valence-electron chi connectivity index (χ1n) is 11.6. The van der Waals surface area contributed by atoms with Crippen LogP contribution >= 0.6 is 0 Å². The van der Waals surface area contributed by atoms with Crippen LogP contribution in [0.5, 0.6) is 5.75 Å². The molecular formula is C28H27F3O3. The van der Waals surface area contributed by atoms with Gasteiger partial charge >= 0.3 is 12.1 Å². The summed E-state index contributed by atoms with van der Waals surface area (Å²) < 4.78 is 48.5. The fourth-order valence-corrected chi connectivity index (χ4v) is 4.68. The molecule has 0 aliphatic heterocycles. The number of carbonyl (C=O) groups is 1.